The lowest BCUT2D eigenvalue weighted by molar-refractivity contribution is 0.332. The lowest BCUT2D eigenvalue weighted by Gasteiger charge is -2.21. The molecular formula is C17H31IN4O. The molecule has 132 valence electrons. The van der Waals surface area contributed by atoms with Crippen molar-refractivity contribution in [2.75, 3.05) is 13.6 Å². The van der Waals surface area contributed by atoms with Crippen molar-refractivity contribution in [2.24, 2.45) is 10.9 Å². The van der Waals surface area contributed by atoms with Gasteiger partial charge in [-0.3, -0.25) is 4.99 Å². The maximum Gasteiger partial charge on any atom is 0.214 e. The normalized spacial score (nSPS) is 16.0. The van der Waals surface area contributed by atoms with Crippen molar-refractivity contribution in [2.45, 2.75) is 65.3 Å². The van der Waals surface area contributed by atoms with Crippen molar-refractivity contribution in [3.63, 3.8) is 0 Å². The first kappa shape index (κ1) is 20.3. The van der Waals surface area contributed by atoms with E-state index in [1.807, 2.05) is 13.8 Å². The van der Waals surface area contributed by atoms with E-state index in [1.54, 1.807) is 7.05 Å². The molecule has 1 saturated carbocycles. The van der Waals surface area contributed by atoms with Crippen LogP contribution in [0.3, 0.4) is 0 Å². The number of aliphatic imine (C=N–C) groups is 1. The Labute approximate surface area is 157 Å². The van der Waals surface area contributed by atoms with Crippen LogP contribution in [0, 0.1) is 19.8 Å². The third-order valence-electron chi connectivity index (χ3n) is 4.51. The molecule has 2 rings (SSSR count). The predicted octanol–water partition coefficient (Wildman–Crippen LogP) is 3.93. The molecule has 0 atom stereocenters. The smallest absolute Gasteiger partial charge is 0.214 e. The van der Waals surface area contributed by atoms with Crippen molar-refractivity contribution in [1.82, 2.24) is 15.6 Å². The van der Waals surface area contributed by atoms with Gasteiger partial charge in [0.05, 0.1) is 12.2 Å². The van der Waals surface area contributed by atoms with Crippen LogP contribution in [-0.2, 0) is 6.54 Å². The molecule has 0 amide bonds. The van der Waals surface area contributed by atoms with Crippen LogP contribution in [0.1, 0.15) is 62.3 Å². The van der Waals surface area contributed by atoms with Crippen molar-refractivity contribution in [3.8, 4) is 0 Å². The molecule has 2 N–H and O–H groups in total. The molecule has 5 nitrogen and oxygen atoms in total. The maximum atomic E-state index is 5.56. The highest BCUT2D eigenvalue weighted by molar-refractivity contribution is 14.0. The fraction of sp³-hybridized carbons (Fsp3) is 0.765. The molecule has 6 heteroatoms. The van der Waals surface area contributed by atoms with Gasteiger partial charge >= 0.3 is 0 Å². The minimum Gasteiger partial charge on any atom is -0.444 e. The molecule has 0 radical (unpaired) electrons. The topological polar surface area (TPSA) is 62.5 Å². The Hall–Kier alpha value is -0.790. The minimum atomic E-state index is 0. The zero-order valence-electron chi connectivity index (χ0n) is 14.7. The lowest BCUT2D eigenvalue weighted by atomic mass is 9.86. The molecule has 0 bridgehead atoms. The van der Waals surface area contributed by atoms with Crippen LogP contribution < -0.4 is 10.6 Å². The summed E-state index contributed by atoms with van der Waals surface area (Å²) in [7, 11) is 1.79. The Balaban J connectivity index is 0.00000264. The standard InChI is InChI=1S/C17H30N4O.HI/c1-13-14(2)22-16(21-13)12-20-17(18-3)19-11-7-10-15-8-5-4-6-9-15;/h15H,4-12H2,1-3H3,(H2,18,19,20);1H. The monoisotopic (exact) mass is 434 g/mol. The molecule has 0 unspecified atom stereocenters. The fourth-order valence-electron chi connectivity index (χ4n) is 3.07. The second-order valence-corrected chi connectivity index (χ2v) is 6.25. The van der Waals surface area contributed by atoms with E-state index >= 15 is 0 Å². The van der Waals surface area contributed by atoms with Gasteiger partial charge in [0.25, 0.3) is 0 Å². The first-order valence-electron chi connectivity index (χ1n) is 8.56. The summed E-state index contributed by atoms with van der Waals surface area (Å²) in [6.07, 6.45) is 9.69. The lowest BCUT2D eigenvalue weighted by Crippen LogP contribution is -2.37. The molecule has 0 saturated heterocycles. The predicted molar refractivity (Wildman–Crippen MR) is 105 cm³/mol. The van der Waals surface area contributed by atoms with E-state index < -0.39 is 0 Å². The van der Waals surface area contributed by atoms with Crippen molar-refractivity contribution in [3.05, 3.63) is 17.3 Å². The molecule has 1 aliphatic carbocycles. The van der Waals surface area contributed by atoms with Crippen LogP contribution >= 0.6 is 24.0 Å². The van der Waals surface area contributed by atoms with E-state index in [9.17, 15) is 0 Å². The van der Waals surface area contributed by atoms with E-state index in [4.69, 9.17) is 4.42 Å². The highest BCUT2D eigenvalue weighted by Gasteiger charge is 2.12. The summed E-state index contributed by atoms with van der Waals surface area (Å²) >= 11 is 0. The number of aryl methyl sites for hydroxylation is 2. The van der Waals surface area contributed by atoms with Gasteiger partial charge < -0.3 is 15.1 Å². The number of hydrogen-bond donors (Lipinski definition) is 2. The molecule has 0 spiro atoms. The SMILES string of the molecule is CN=C(NCCCC1CCCCC1)NCc1nc(C)c(C)o1.I. The van der Waals surface area contributed by atoms with Gasteiger partial charge in [0.2, 0.25) is 5.89 Å². The number of hydrogen-bond acceptors (Lipinski definition) is 3. The third kappa shape index (κ3) is 7.10. The summed E-state index contributed by atoms with van der Waals surface area (Å²) in [6.45, 7) is 5.43. The molecule has 1 aliphatic rings. The largest absolute Gasteiger partial charge is 0.444 e. The molecule has 1 aromatic heterocycles. The number of guanidine groups is 1. The molecule has 1 heterocycles. The van der Waals surface area contributed by atoms with Gasteiger partial charge in [-0.1, -0.05) is 32.1 Å². The van der Waals surface area contributed by atoms with E-state index in [2.05, 4.69) is 20.6 Å². The average molecular weight is 434 g/mol. The van der Waals surface area contributed by atoms with Gasteiger partial charge in [-0.2, -0.15) is 0 Å². The van der Waals surface area contributed by atoms with Crippen LogP contribution in [-0.4, -0.2) is 24.5 Å². The molecular weight excluding hydrogens is 403 g/mol. The average Bonchev–Trinajstić information content (AvgIpc) is 2.86. The fourth-order valence-corrected chi connectivity index (χ4v) is 3.07. The van der Waals surface area contributed by atoms with Crippen LogP contribution in [0.5, 0.6) is 0 Å². The van der Waals surface area contributed by atoms with Crippen LogP contribution in [0.4, 0.5) is 0 Å². The first-order chi connectivity index (χ1) is 10.7. The van der Waals surface area contributed by atoms with Gasteiger partial charge in [0.1, 0.15) is 5.76 Å². The van der Waals surface area contributed by atoms with Gasteiger partial charge in [0, 0.05) is 13.6 Å². The molecule has 1 aromatic rings. The number of rotatable bonds is 6. The van der Waals surface area contributed by atoms with E-state index in [1.165, 1.54) is 44.9 Å². The Morgan fingerprint density at radius 2 is 1.96 bits per heavy atom. The summed E-state index contributed by atoms with van der Waals surface area (Å²) in [5, 5.41) is 6.62. The Morgan fingerprint density at radius 1 is 1.22 bits per heavy atom. The summed E-state index contributed by atoms with van der Waals surface area (Å²) in [6, 6.07) is 0. The third-order valence-corrected chi connectivity index (χ3v) is 4.51. The zero-order chi connectivity index (χ0) is 15.8. The number of nitrogens with zero attached hydrogens (tertiary/aromatic N) is 2. The molecule has 1 fully saturated rings. The summed E-state index contributed by atoms with van der Waals surface area (Å²) < 4.78 is 5.56. The van der Waals surface area contributed by atoms with Crippen LogP contribution in [0.2, 0.25) is 0 Å². The number of halogens is 1. The quantitative estimate of drug-likeness (QED) is 0.308. The molecule has 0 aliphatic heterocycles. The van der Waals surface area contributed by atoms with Crippen molar-refractivity contribution >= 4 is 29.9 Å². The highest BCUT2D eigenvalue weighted by Crippen LogP contribution is 2.26. The number of oxazole rings is 1. The van der Waals surface area contributed by atoms with E-state index in [-0.39, 0.29) is 24.0 Å². The summed E-state index contributed by atoms with van der Waals surface area (Å²) in [5.74, 6) is 3.35. The Morgan fingerprint density at radius 3 is 2.57 bits per heavy atom. The van der Waals surface area contributed by atoms with Crippen LogP contribution in [0.25, 0.3) is 0 Å². The van der Waals surface area contributed by atoms with Gasteiger partial charge in [-0.05, 0) is 32.6 Å². The number of aromatic nitrogens is 1. The first-order valence-corrected chi connectivity index (χ1v) is 8.56. The second-order valence-electron chi connectivity index (χ2n) is 6.25. The maximum absolute atomic E-state index is 5.56. The zero-order valence-corrected chi connectivity index (χ0v) is 17.0. The highest BCUT2D eigenvalue weighted by atomic mass is 127. The molecule has 23 heavy (non-hydrogen) atoms. The number of nitrogens with one attached hydrogen (secondary N) is 2. The second kappa shape index (κ2) is 10.9. The Kier molecular flexibility index (Phi) is 9.59. The van der Waals surface area contributed by atoms with E-state index in [0.717, 1.165) is 29.9 Å². The van der Waals surface area contributed by atoms with E-state index in [0.29, 0.717) is 12.4 Å². The van der Waals surface area contributed by atoms with Crippen molar-refractivity contribution in [1.29, 1.82) is 0 Å². The van der Waals surface area contributed by atoms with Gasteiger partial charge in [-0.15, -0.1) is 24.0 Å². The van der Waals surface area contributed by atoms with Crippen molar-refractivity contribution < 1.29 is 4.42 Å². The van der Waals surface area contributed by atoms with Crippen LogP contribution in [0.15, 0.2) is 9.41 Å². The Bertz CT molecular complexity index is 461. The summed E-state index contributed by atoms with van der Waals surface area (Å²) in [4.78, 5) is 8.60. The van der Waals surface area contributed by atoms with Gasteiger partial charge in [-0.25, -0.2) is 4.98 Å². The van der Waals surface area contributed by atoms with Gasteiger partial charge in [0.15, 0.2) is 5.96 Å². The molecule has 0 aromatic carbocycles. The minimum absolute atomic E-state index is 0. The summed E-state index contributed by atoms with van der Waals surface area (Å²) in [5.41, 5.74) is 0.951.